The van der Waals surface area contributed by atoms with Crippen LogP contribution in [0.1, 0.15) is 57.8 Å². The highest BCUT2D eigenvalue weighted by molar-refractivity contribution is 8.77. The first-order chi connectivity index (χ1) is 24.3. The monoisotopic (exact) mass is 758 g/mol. The summed E-state index contributed by atoms with van der Waals surface area (Å²) in [6.45, 7) is 0.772. The van der Waals surface area contributed by atoms with Crippen molar-refractivity contribution < 1.29 is 57.5 Å². The topological polar surface area (TPSA) is 176 Å². The molecule has 4 rings (SSSR count). The first-order valence-electron chi connectivity index (χ1n) is 16.9. The van der Waals surface area contributed by atoms with E-state index in [1.54, 1.807) is 11.8 Å². The molecule has 0 saturated carbocycles. The van der Waals surface area contributed by atoms with Gasteiger partial charge in [-0.1, -0.05) is 34.4 Å². The summed E-state index contributed by atoms with van der Waals surface area (Å²) >= 11 is 1.65. The summed E-state index contributed by atoms with van der Waals surface area (Å²) in [6.07, 6.45) is 6.06. The molecule has 50 heavy (non-hydrogen) atoms. The number of aromatic hydroxyl groups is 1. The van der Waals surface area contributed by atoms with Crippen LogP contribution in [0, 0.1) is 0 Å². The van der Waals surface area contributed by atoms with Crippen LogP contribution in [0.4, 0.5) is 9.59 Å². The molecule has 3 aliphatic rings. The van der Waals surface area contributed by atoms with Crippen molar-refractivity contribution in [3.05, 3.63) is 24.3 Å². The summed E-state index contributed by atoms with van der Waals surface area (Å²) in [5.41, 5.74) is 0. The lowest BCUT2D eigenvalue weighted by molar-refractivity contribution is -0.159. The Kier molecular flexibility index (Phi) is 17.7. The number of nitrogens with zero attached hydrogens (tertiary/aromatic N) is 1. The summed E-state index contributed by atoms with van der Waals surface area (Å²) in [4.78, 5) is 62.1. The molecule has 17 heteroatoms. The molecule has 3 amide bonds. The maximum absolute atomic E-state index is 12.7. The number of hydrogen-bond acceptors (Lipinski definition) is 15. The van der Waals surface area contributed by atoms with Crippen molar-refractivity contribution in [2.75, 3.05) is 57.8 Å². The van der Waals surface area contributed by atoms with Gasteiger partial charge in [0.15, 0.2) is 6.61 Å². The van der Waals surface area contributed by atoms with E-state index in [4.69, 9.17) is 28.4 Å². The number of esters is 3. The van der Waals surface area contributed by atoms with Crippen LogP contribution in [0.15, 0.2) is 24.3 Å². The lowest BCUT2D eigenvalue weighted by Gasteiger charge is -2.19. The normalized spacial score (nSPS) is 21.0. The zero-order chi connectivity index (χ0) is 35.6. The highest BCUT2D eigenvalue weighted by Crippen LogP contribution is 2.40. The molecule has 0 aliphatic carbocycles. The van der Waals surface area contributed by atoms with Gasteiger partial charge >= 0.3 is 30.0 Å². The van der Waals surface area contributed by atoms with Crippen molar-refractivity contribution in [3.63, 3.8) is 0 Å². The van der Waals surface area contributed by atoms with E-state index in [-0.39, 0.29) is 74.3 Å². The summed E-state index contributed by atoms with van der Waals surface area (Å²) in [5.74, 6) is 0.673. The molecule has 0 bridgehead atoms. The summed E-state index contributed by atoms with van der Waals surface area (Å²) < 4.78 is 31.2. The van der Waals surface area contributed by atoms with Crippen LogP contribution in [0.5, 0.6) is 11.5 Å². The molecular weight excluding hydrogens is 713 g/mol. The fraction of sp³-hybridized carbons (Fsp3) is 0.667. The van der Waals surface area contributed by atoms with E-state index in [1.807, 2.05) is 21.6 Å². The van der Waals surface area contributed by atoms with E-state index in [0.717, 1.165) is 35.8 Å². The van der Waals surface area contributed by atoms with Crippen molar-refractivity contribution in [2.24, 2.45) is 0 Å². The predicted octanol–water partition coefficient (Wildman–Crippen LogP) is 4.71. The molecule has 3 aliphatic heterocycles. The maximum atomic E-state index is 12.7. The number of hydrogen-bond donors (Lipinski definition) is 2. The largest absolute Gasteiger partial charge is 0.508 e. The number of amides is 3. The van der Waals surface area contributed by atoms with Gasteiger partial charge in [-0.3, -0.25) is 9.59 Å². The fourth-order valence-electron chi connectivity index (χ4n) is 5.51. The van der Waals surface area contributed by atoms with Crippen molar-refractivity contribution in [1.82, 2.24) is 10.2 Å². The van der Waals surface area contributed by atoms with Gasteiger partial charge < -0.3 is 38.8 Å². The number of carbonyl (C=O) groups is 5. The van der Waals surface area contributed by atoms with Gasteiger partial charge in [0.25, 0.3) is 0 Å². The number of phenolic OH excluding ortho intramolecular Hbond substituents is 1. The van der Waals surface area contributed by atoms with E-state index in [2.05, 4.69) is 5.32 Å². The third kappa shape index (κ3) is 14.0. The number of fused-ring (bicyclic) bond motifs is 1. The third-order valence-electron chi connectivity index (χ3n) is 8.08. The SMILES string of the molecule is O=C(CCCC[C@@H]1CCSS1)OCCOCCOCCOC(=O)COC(=O)CCCC[C@@H]1SC[C@H]2[C@@H]1NC(=O)N2C(=O)Oc1ccc(O)cc1. The van der Waals surface area contributed by atoms with Crippen LogP contribution in [-0.2, 0) is 38.1 Å². The maximum Gasteiger partial charge on any atom is 0.423 e. The fourth-order valence-corrected chi connectivity index (χ4v) is 10.1. The van der Waals surface area contributed by atoms with Gasteiger partial charge in [0.1, 0.15) is 24.7 Å². The molecule has 3 fully saturated rings. The molecule has 3 saturated heterocycles. The zero-order valence-electron chi connectivity index (χ0n) is 28.0. The van der Waals surface area contributed by atoms with E-state index in [0.29, 0.717) is 31.6 Å². The van der Waals surface area contributed by atoms with Crippen molar-refractivity contribution in [2.45, 2.75) is 80.4 Å². The second-order valence-electron chi connectivity index (χ2n) is 11.8. The Hall–Kier alpha value is -2.86. The van der Waals surface area contributed by atoms with E-state index in [1.165, 1.54) is 36.4 Å². The second kappa shape index (κ2) is 22.2. The predicted molar refractivity (Wildman–Crippen MR) is 188 cm³/mol. The Morgan fingerprint density at radius 2 is 1.46 bits per heavy atom. The number of benzene rings is 1. The minimum atomic E-state index is -0.776. The van der Waals surface area contributed by atoms with Gasteiger partial charge in [-0.2, -0.15) is 11.8 Å². The number of phenols is 1. The number of rotatable bonds is 22. The molecule has 0 spiro atoms. The first-order valence-corrected chi connectivity index (χ1v) is 20.4. The van der Waals surface area contributed by atoms with E-state index < -0.39 is 30.7 Å². The molecule has 0 radical (unpaired) electrons. The van der Waals surface area contributed by atoms with Crippen LogP contribution < -0.4 is 10.1 Å². The van der Waals surface area contributed by atoms with E-state index >= 15 is 0 Å². The second-order valence-corrected chi connectivity index (χ2v) is 15.9. The molecule has 3 heterocycles. The molecule has 1 aromatic carbocycles. The van der Waals surface area contributed by atoms with Gasteiger partial charge in [0, 0.05) is 34.8 Å². The minimum absolute atomic E-state index is 0.00990. The smallest absolute Gasteiger partial charge is 0.423 e. The van der Waals surface area contributed by atoms with Gasteiger partial charge in [-0.05, 0) is 56.4 Å². The number of unbranched alkanes of at least 4 members (excludes halogenated alkanes) is 2. The summed E-state index contributed by atoms with van der Waals surface area (Å²) in [7, 11) is 3.89. The van der Waals surface area contributed by atoms with Crippen LogP contribution in [0.3, 0.4) is 0 Å². The number of thioether (sulfide) groups is 1. The summed E-state index contributed by atoms with van der Waals surface area (Å²) in [6, 6.07) is 4.58. The Balaban J connectivity index is 0.928. The lowest BCUT2D eigenvalue weighted by atomic mass is 10.0. The molecule has 278 valence electrons. The Bertz CT molecular complexity index is 1250. The van der Waals surface area contributed by atoms with Crippen LogP contribution in [-0.4, -0.2) is 120 Å². The lowest BCUT2D eigenvalue weighted by Crippen LogP contribution is -2.43. The molecule has 4 atom stereocenters. The number of ether oxygens (including phenoxy) is 6. The molecule has 0 unspecified atom stereocenters. The number of carbonyl (C=O) groups excluding carboxylic acids is 5. The Morgan fingerprint density at radius 3 is 2.14 bits per heavy atom. The molecule has 2 N–H and O–H groups in total. The van der Waals surface area contributed by atoms with Crippen LogP contribution in [0.25, 0.3) is 0 Å². The quantitative estimate of drug-likeness (QED) is 0.0547. The molecule has 1 aromatic rings. The minimum Gasteiger partial charge on any atom is -0.508 e. The van der Waals surface area contributed by atoms with Gasteiger partial charge in [-0.15, -0.1) is 0 Å². The van der Waals surface area contributed by atoms with Crippen molar-refractivity contribution in [1.29, 1.82) is 0 Å². The third-order valence-corrected chi connectivity index (χ3v) is 12.6. The molecule has 0 aromatic heterocycles. The van der Waals surface area contributed by atoms with Gasteiger partial charge in [0.05, 0.1) is 38.5 Å². The Labute approximate surface area is 304 Å². The highest BCUT2D eigenvalue weighted by atomic mass is 33.1. The first kappa shape index (κ1) is 39.9. The highest BCUT2D eigenvalue weighted by Gasteiger charge is 2.51. The zero-order valence-corrected chi connectivity index (χ0v) is 30.4. The standard InChI is InChI=1S/C33H46N2O12S3/c36-23-9-11-24(12-10-23)47-33(41)35-26-22-48-27(31(26)34-32(35)40)6-2-4-8-29(38)46-21-30(39)45-19-17-43-15-14-42-16-18-44-28(37)7-3-1-5-25-13-20-49-50-25/h9-12,25-27,31,36H,1-8,13-22H2,(H,34,40)/t25-,26+,27+,31+/m1/s1. The number of urea groups is 1. The molecular formula is C33H46N2O12S3. The molecule has 14 nitrogen and oxygen atoms in total. The van der Waals surface area contributed by atoms with Crippen molar-refractivity contribution >= 4 is 63.4 Å². The van der Waals surface area contributed by atoms with Crippen LogP contribution in [0.2, 0.25) is 0 Å². The van der Waals surface area contributed by atoms with Gasteiger partial charge in [-0.25, -0.2) is 19.3 Å². The average Bonchev–Trinajstić information content (AvgIpc) is 3.84. The average molecular weight is 759 g/mol. The number of nitrogens with one attached hydrogen (secondary N) is 1. The Morgan fingerprint density at radius 1 is 0.820 bits per heavy atom. The number of imide groups is 1. The van der Waals surface area contributed by atoms with Gasteiger partial charge in [0.2, 0.25) is 0 Å². The summed E-state index contributed by atoms with van der Waals surface area (Å²) in [5, 5.41) is 13.1. The van der Waals surface area contributed by atoms with Crippen LogP contribution >= 0.6 is 33.3 Å². The van der Waals surface area contributed by atoms with Crippen molar-refractivity contribution in [3.8, 4) is 11.5 Å². The van der Waals surface area contributed by atoms with E-state index in [9.17, 15) is 29.1 Å².